The lowest BCUT2D eigenvalue weighted by atomic mass is 10.1. The molecule has 1 atom stereocenters. The van der Waals surface area contributed by atoms with Gasteiger partial charge < -0.3 is 14.8 Å². The van der Waals surface area contributed by atoms with E-state index in [-0.39, 0.29) is 11.9 Å². The van der Waals surface area contributed by atoms with Gasteiger partial charge in [0.1, 0.15) is 0 Å². The minimum Gasteiger partial charge on any atom is -0.493 e. The van der Waals surface area contributed by atoms with E-state index in [1.54, 1.807) is 20.3 Å². The molecule has 24 heavy (non-hydrogen) atoms. The monoisotopic (exact) mass is 325 g/mol. The van der Waals surface area contributed by atoms with Gasteiger partial charge in [-0.1, -0.05) is 36.4 Å². The Bertz CT molecular complexity index is 695. The summed E-state index contributed by atoms with van der Waals surface area (Å²) in [5.41, 5.74) is 2.08. The number of amides is 1. The summed E-state index contributed by atoms with van der Waals surface area (Å²) in [7, 11) is 3.18. The molecule has 126 valence electrons. The van der Waals surface area contributed by atoms with Crippen molar-refractivity contribution in [2.45, 2.75) is 19.4 Å². The minimum atomic E-state index is -0.117. The van der Waals surface area contributed by atoms with Gasteiger partial charge in [-0.05, 0) is 42.7 Å². The van der Waals surface area contributed by atoms with E-state index in [0.717, 1.165) is 12.0 Å². The van der Waals surface area contributed by atoms with E-state index >= 15 is 0 Å². The van der Waals surface area contributed by atoms with Crippen LogP contribution in [-0.2, 0) is 11.2 Å². The zero-order valence-electron chi connectivity index (χ0n) is 14.3. The van der Waals surface area contributed by atoms with Crippen molar-refractivity contribution in [1.29, 1.82) is 0 Å². The normalized spacial score (nSPS) is 12.0. The van der Waals surface area contributed by atoms with Crippen LogP contribution in [0.3, 0.4) is 0 Å². The fourth-order valence-corrected chi connectivity index (χ4v) is 2.44. The van der Waals surface area contributed by atoms with Crippen LogP contribution in [0.1, 0.15) is 18.1 Å². The third-order valence-corrected chi connectivity index (χ3v) is 3.61. The summed E-state index contributed by atoms with van der Waals surface area (Å²) in [6.45, 7) is 2.00. The number of benzene rings is 2. The topological polar surface area (TPSA) is 47.6 Å². The van der Waals surface area contributed by atoms with Crippen molar-refractivity contribution in [3.05, 3.63) is 65.7 Å². The van der Waals surface area contributed by atoms with Crippen LogP contribution in [0.25, 0.3) is 6.08 Å². The van der Waals surface area contributed by atoms with E-state index < -0.39 is 0 Å². The average molecular weight is 325 g/mol. The van der Waals surface area contributed by atoms with Crippen LogP contribution in [0.15, 0.2) is 54.6 Å². The average Bonchev–Trinajstić information content (AvgIpc) is 2.60. The third kappa shape index (κ3) is 5.16. The fourth-order valence-electron chi connectivity index (χ4n) is 2.44. The Morgan fingerprint density at radius 3 is 2.46 bits per heavy atom. The van der Waals surface area contributed by atoms with E-state index in [9.17, 15) is 4.79 Å². The maximum absolute atomic E-state index is 12.0. The zero-order chi connectivity index (χ0) is 17.4. The minimum absolute atomic E-state index is 0.0648. The number of methoxy groups -OCH3 is 2. The van der Waals surface area contributed by atoms with Crippen LogP contribution in [0, 0.1) is 0 Å². The standard InChI is InChI=1S/C20H23NO3/c1-15(13-16-7-5-4-6-8-16)21-20(22)12-10-17-9-11-18(23-2)19(14-17)24-3/h4-12,14-15H,13H2,1-3H3,(H,21,22)/b12-10+. The van der Waals surface area contributed by atoms with Crippen LogP contribution in [0.5, 0.6) is 11.5 Å². The molecular weight excluding hydrogens is 302 g/mol. The SMILES string of the molecule is COc1ccc(/C=C/C(=O)NC(C)Cc2ccccc2)cc1OC. The number of ether oxygens (including phenoxy) is 2. The molecular formula is C20H23NO3. The molecule has 0 spiro atoms. The van der Waals surface area contributed by atoms with Gasteiger partial charge in [-0.15, -0.1) is 0 Å². The van der Waals surface area contributed by atoms with Crippen LogP contribution in [0.4, 0.5) is 0 Å². The van der Waals surface area contributed by atoms with Gasteiger partial charge in [0.2, 0.25) is 5.91 Å². The van der Waals surface area contributed by atoms with Crippen molar-refractivity contribution >= 4 is 12.0 Å². The molecule has 1 unspecified atom stereocenters. The first-order valence-electron chi connectivity index (χ1n) is 7.87. The number of carbonyl (C=O) groups excluding carboxylic acids is 1. The molecule has 2 rings (SSSR count). The first-order valence-corrected chi connectivity index (χ1v) is 7.87. The Labute approximate surface area is 143 Å². The number of hydrogen-bond acceptors (Lipinski definition) is 3. The summed E-state index contributed by atoms with van der Waals surface area (Å²) in [6, 6.07) is 15.7. The molecule has 0 aliphatic rings. The highest BCUT2D eigenvalue weighted by Gasteiger charge is 2.06. The molecule has 0 aliphatic heterocycles. The molecule has 1 N–H and O–H groups in total. The van der Waals surface area contributed by atoms with Crippen LogP contribution in [-0.4, -0.2) is 26.2 Å². The van der Waals surface area contributed by atoms with Crippen molar-refractivity contribution in [2.24, 2.45) is 0 Å². The highest BCUT2D eigenvalue weighted by Crippen LogP contribution is 2.27. The lowest BCUT2D eigenvalue weighted by molar-refractivity contribution is -0.117. The van der Waals surface area contributed by atoms with E-state index in [1.165, 1.54) is 11.6 Å². The molecule has 2 aromatic carbocycles. The van der Waals surface area contributed by atoms with Crippen molar-refractivity contribution in [3.8, 4) is 11.5 Å². The summed E-state index contributed by atoms with van der Waals surface area (Å²) in [5.74, 6) is 1.18. The van der Waals surface area contributed by atoms with Gasteiger partial charge >= 0.3 is 0 Å². The molecule has 0 aromatic heterocycles. The van der Waals surface area contributed by atoms with Gasteiger partial charge in [0.15, 0.2) is 11.5 Å². The van der Waals surface area contributed by atoms with Gasteiger partial charge in [-0.25, -0.2) is 0 Å². The quantitative estimate of drug-likeness (QED) is 0.793. The van der Waals surface area contributed by atoms with Crippen LogP contribution >= 0.6 is 0 Å². The molecule has 0 aliphatic carbocycles. The third-order valence-electron chi connectivity index (χ3n) is 3.61. The molecule has 4 nitrogen and oxygen atoms in total. The Kier molecular flexibility index (Phi) is 6.43. The Morgan fingerprint density at radius 1 is 1.08 bits per heavy atom. The summed E-state index contributed by atoms with van der Waals surface area (Å²) in [4.78, 5) is 12.0. The number of hydrogen-bond donors (Lipinski definition) is 1. The maximum Gasteiger partial charge on any atom is 0.244 e. The summed E-state index contributed by atoms with van der Waals surface area (Å²) >= 11 is 0. The molecule has 0 radical (unpaired) electrons. The first kappa shape index (κ1) is 17.6. The molecule has 1 amide bonds. The van der Waals surface area contributed by atoms with Gasteiger partial charge in [0.25, 0.3) is 0 Å². The smallest absolute Gasteiger partial charge is 0.244 e. The van der Waals surface area contributed by atoms with Crippen molar-refractivity contribution in [2.75, 3.05) is 14.2 Å². The second-order valence-corrected chi connectivity index (χ2v) is 5.55. The van der Waals surface area contributed by atoms with Crippen LogP contribution in [0.2, 0.25) is 0 Å². The first-order chi connectivity index (χ1) is 11.6. The molecule has 0 saturated heterocycles. The number of carbonyl (C=O) groups is 1. The van der Waals surface area contributed by atoms with Gasteiger partial charge in [0.05, 0.1) is 14.2 Å². The predicted molar refractivity (Wildman–Crippen MR) is 96.3 cm³/mol. The van der Waals surface area contributed by atoms with Crippen LogP contribution < -0.4 is 14.8 Å². The lowest BCUT2D eigenvalue weighted by Gasteiger charge is -2.12. The molecule has 2 aromatic rings. The van der Waals surface area contributed by atoms with E-state index in [2.05, 4.69) is 17.4 Å². The molecule has 0 saturated carbocycles. The molecule has 0 heterocycles. The highest BCUT2D eigenvalue weighted by atomic mass is 16.5. The number of rotatable bonds is 7. The highest BCUT2D eigenvalue weighted by molar-refractivity contribution is 5.92. The molecule has 0 fully saturated rings. The van der Waals surface area contributed by atoms with Gasteiger partial charge in [-0.2, -0.15) is 0 Å². The van der Waals surface area contributed by atoms with Crippen molar-refractivity contribution < 1.29 is 14.3 Å². The second-order valence-electron chi connectivity index (χ2n) is 5.55. The van der Waals surface area contributed by atoms with E-state index in [0.29, 0.717) is 11.5 Å². The fraction of sp³-hybridized carbons (Fsp3) is 0.250. The van der Waals surface area contributed by atoms with Crippen molar-refractivity contribution in [3.63, 3.8) is 0 Å². The van der Waals surface area contributed by atoms with Gasteiger partial charge in [0, 0.05) is 12.1 Å². The maximum atomic E-state index is 12.0. The number of nitrogens with one attached hydrogen (secondary N) is 1. The predicted octanol–water partition coefficient (Wildman–Crippen LogP) is 3.46. The van der Waals surface area contributed by atoms with E-state index in [1.807, 2.05) is 43.3 Å². The summed E-state index contributed by atoms with van der Waals surface area (Å²) in [5, 5.41) is 2.97. The summed E-state index contributed by atoms with van der Waals surface area (Å²) in [6.07, 6.45) is 4.09. The largest absolute Gasteiger partial charge is 0.493 e. The molecule has 4 heteroatoms. The van der Waals surface area contributed by atoms with E-state index in [4.69, 9.17) is 9.47 Å². The Balaban J connectivity index is 1.92. The second kappa shape index (κ2) is 8.77. The van der Waals surface area contributed by atoms with Crippen molar-refractivity contribution in [1.82, 2.24) is 5.32 Å². The summed E-state index contributed by atoms with van der Waals surface area (Å²) < 4.78 is 10.5. The van der Waals surface area contributed by atoms with Gasteiger partial charge in [-0.3, -0.25) is 4.79 Å². The molecule has 0 bridgehead atoms. The zero-order valence-corrected chi connectivity index (χ0v) is 14.3. The Hall–Kier alpha value is -2.75. The Morgan fingerprint density at radius 2 is 1.79 bits per heavy atom. The lowest BCUT2D eigenvalue weighted by Crippen LogP contribution is -2.32.